The van der Waals surface area contributed by atoms with Crippen LogP contribution in [-0.4, -0.2) is 33.5 Å². The first-order valence-electron chi connectivity index (χ1n) is 9.13. The van der Waals surface area contributed by atoms with Crippen molar-refractivity contribution in [2.45, 2.75) is 19.5 Å². The number of hydrogen-bond acceptors (Lipinski definition) is 8. The molecule has 1 amide bonds. The molecule has 1 aromatic heterocycles. The lowest BCUT2D eigenvalue weighted by Crippen LogP contribution is -2.44. The van der Waals surface area contributed by atoms with E-state index in [1.54, 1.807) is 4.90 Å². The Kier molecular flexibility index (Phi) is 4.74. The van der Waals surface area contributed by atoms with Gasteiger partial charge in [-0.05, 0) is 23.1 Å². The molecular weight excluding hydrogens is 390 g/mol. The van der Waals surface area contributed by atoms with Gasteiger partial charge in [0.25, 0.3) is 16.8 Å². The largest absolute Gasteiger partial charge is 0.477 e. The van der Waals surface area contributed by atoms with Gasteiger partial charge in [0.15, 0.2) is 5.69 Å². The Morgan fingerprint density at radius 2 is 1.87 bits per heavy atom. The highest BCUT2D eigenvalue weighted by Gasteiger charge is 2.26. The third-order valence-corrected chi connectivity index (χ3v) is 5.09. The lowest BCUT2D eigenvalue weighted by molar-refractivity contribution is 0.0690. The number of carboxylic acid groups (broad SMARTS) is 1. The number of carbonyl (C=O) groups is 2. The van der Waals surface area contributed by atoms with E-state index in [0.717, 1.165) is 29.1 Å². The minimum Gasteiger partial charge on any atom is -0.477 e. The molecule has 10 nitrogen and oxygen atoms in total. The van der Waals surface area contributed by atoms with Crippen LogP contribution in [-0.2, 0) is 19.5 Å². The molecule has 4 rings (SSSR count). The van der Waals surface area contributed by atoms with E-state index in [4.69, 9.17) is 10.8 Å². The predicted molar refractivity (Wildman–Crippen MR) is 107 cm³/mol. The summed E-state index contributed by atoms with van der Waals surface area (Å²) in [6.07, 6.45) is 1.73. The van der Waals surface area contributed by atoms with Crippen LogP contribution in [0, 0.1) is 0 Å². The number of nitrogens with one attached hydrogen (secondary N) is 1. The van der Waals surface area contributed by atoms with Crippen LogP contribution < -0.4 is 26.8 Å². The lowest BCUT2D eigenvalue weighted by atomic mass is 9.96. The maximum absolute atomic E-state index is 12.3. The Bertz CT molecular complexity index is 1250. The molecule has 4 N–H and O–H groups in total. The number of benzene rings is 1. The van der Waals surface area contributed by atoms with E-state index in [-0.39, 0.29) is 29.3 Å². The number of nitrogen functional groups attached to an aromatic ring is 1. The van der Waals surface area contributed by atoms with Crippen molar-refractivity contribution in [3.63, 3.8) is 0 Å². The average molecular weight is 407 g/mol. The molecule has 2 heterocycles. The van der Waals surface area contributed by atoms with Crippen molar-refractivity contribution < 1.29 is 14.7 Å². The topological polar surface area (TPSA) is 156 Å². The number of aromatic carboxylic acids is 1. The van der Waals surface area contributed by atoms with Gasteiger partial charge >= 0.3 is 5.97 Å². The predicted octanol–water partition coefficient (Wildman–Crippen LogP) is -0.154. The number of nitrogens with zero attached hydrogens (tertiary/aromatic N) is 3. The number of fused-ring (bicyclic) bond motifs is 1. The van der Waals surface area contributed by atoms with Crippen molar-refractivity contribution in [1.82, 2.24) is 15.3 Å². The summed E-state index contributed by atoms with van der Waals surface area (Å²) < 4.78 is 0. The minimum atomic E-state index is -1.24. The van der Waals surface area contributed by atoms with Crippen LogP contribution in [0.4, 0.5) is 11.4 Å². The zero-order valence-corrected chi connectivity index (χ0v) is 15.7. The highest BCUT2D eigenvalue weighted by Crippen LogP contribution is 2.26. The number of rotatable bonds is 5. The first-order valence-corrected chi connectivity index (χ1v) is 9.13. The Labute approximate surface area is 169 Å². The van der Waals surface area contributed by atoms with Crippen molar-refractivity contribution in [1.29, 1.82) is 0 Å². The normalized spacial score (nSPS) is 13.1. The minimum absolute atomic E-state index is 0.0115. The summed E-state index contributed by atoms with van der Waals surface area (Å²) in [5, 5.41) is 11.7. The molecule has 0 atom stereocenters. The molecule has 30 heavy (non-hydrogen) atoms. The van der Waals surface area contributed by atoms with Gasteiger partial charge in [-0.25, -0.2) is 14.8 Å². The van der Waals surface area contributed by atoms with E-state index < -0.39 is 22.7 Å². The summed E-state index contributed by atoms with van der Waals surface area (Å²) in [7, 11) is 0. The van der Waals surface area contributed by atoms with Gasteiger partial charge in [0, 0.05) is 25.7 Å². The molecular formula is C20H17N5O5. The molecule has 0 aliphatic carbocycles. The van der Waals surface area contributed by atoms with Gasteiger partial charge < -0.3 is 21.1 Å². The van der Waals surface area contributed by atoms with Crippen molar-refractivity contribution in [3.05, 3.63) is 79.1 Å². The van der Waals surface area contributed by atoms with Crippen LogP contribution >= 0.6 is 0 Å². The van der Waals surface area contributed by atoms with Crippen LogP contribution in [0.3, 0.4) is 0 Å². The second-order valence-corrected chi connectivity index (χ2v) is 6.97. The molecule has 3 aromatic rings. The quantitative estimate of drug-likeness (QED) is 0.489. The van der Waals surface area contributed by atoms with Gasteiger partial charge in [-0.3, -0.25) is 14.4 Å². The highest BCUT2D eigenvalue weighted by molar-refractivity contribution is 5.94. The van der Waals surface area contributed by atoms with Gasteiger partial charge in [-0.15, -0.1) is 0 Å². The molecule has 1 aliphatic rings. The number of carboxylic acids is 1. The van der Waals surface area contributed by atoms with E-state index in [1.807, 2.05) is 18.2 Å². The van der Waals surface area contributed by atoms with Gasteiger partial charge in [0.05, 0.1) is 0 Å². The van der Waals surface area contributed by atoms with E-state index in [9.17, 15) is 19.2 Å². The molecule has 0 fully saturated rings. The van der Waals surface area contributed by atoms with Crippen LogP contribution in [0.5, 0.6) is 0 Å². The smallest absolute Gasteiger partial charge is 0.354 e. The molecule has 10 heteroatoms. The number of amides is 1. The summed E-state index contributed by atoms with van der Waals surface area (Å²) in [6, 6.07) is 6.89. The van der Waals surface area contributed by atoms with Crippen LogP contribution in [0.2, 0.25) is 0 Å². The number of anilines is 2. The standard InChI is InChI=1S/C20H17N5O5/c21-15-16(18(27)17(15)26)25-4-3-11-2-1-10(5-12(11)8-25)7-22-19(28)13-6-14(20(29)30)24-9-23-13/h1-2,5-6,9H,3-4,7-8,21H2,(H,22,28)(H,29,30). The van der Waals surface area contributed by atoms with Crippen LogP contribution in [0.15, 0.2) is 40.2 Å². The van der Waals surface area contributed by atoms with Crippen molar-refractivity contribution in [2.75, 3.05) is 17.2 Å². The first-order chi connectivity index (χ1) is 14.3. The van der Waals surface area contributed by atoms with E-state index in [0.29, 0.717) is 19.5 Å². The molecule has 152 valence electrons. The Morgan fingerprint density at radius 3 is 2.60 bits per heavy atom. The SMILES string of the molecule is Nc1c(N2CCc3ccc(CNC(=O)c4cc(C(=O)O)ncn4)cc3C2)c(=O)c1=O. The molecule has 1 aliphatic heterocycles. The monoisotopic (exact) mass is 407 g/mol. The Morgan fingerprint density at radius 1 is 1.10 bits per heavy atom. The number of carbonyl (C=O) groups excluding carboxylic acids is 1. The molecule has 0 saturated heterocycles. The lowest BCUT2D eigenvalue weighted by Gasteiger charge is -2.32. The van der Waals surface area contributed by atoms with Crippen LogP contribution in [0.1, 0.15) is 37.7 Å². The maximum atomic E-state index is 12.3. The van der Waals surface area contributed by atoms with Crippen LogP contribution in [0.25, 0.3) is 0 Å². The third-order valence-electron chi connectivity index (χ3n) is 5.09. The van der Waals surface area contributed by atoms with E-state index >= 15 is 0 Å². The number of aromatic nitrogens is 2. The fraction of sp³-hybridized carbons (Fsp3) is 0.200. The van der Waals surface area contributed by atoms with Gasteiger partial charge in [-0.2, -0.15) is 0 Å². The first kappa shape index (κ1) is 19.2. The average Bonchev–Trinajstić information content (AvgIpc) is 2.77. The second-order valence-electron chi connectivity index (χ2n) is 6.97. The van der Waals surface area contributed by atoms with Gasteiger partial charge in [-0.1, -0.05) is 18.2 Å². The molecule has 0 spiro atoms. The zero-order chi connectivity index (χ0) is 21.4. The number of nitrogens with two attached hydrogens (primary N) is 1. The molecule has 0 bridgehead atoms. The summed E-state index contributed by atoms with van der Waals surface area (Å²) in [5.74, 6) is -1.76. The van der Waals surface area contributed by atoms with E-state index in [2.05, 4.69) is 15.3 Å². The Hall–Kier alpha value is -4.08. The number of hydrogen-bond donors (Lipinski definition) is 3. The molecule has 2 aromatic carbocycles. The van der Waals surface area contributed by atoms with Crippen molar-refractivity contribution in [3.8, 4) is 0 Å². The maximum Gasteiger partial charge on any atom is 0.354 e. The van der Waals surface area contributed by atoms with Crippen molar-refractivity contribution in [2.24, 2.45) is 0 Å². The summed E-state index contributed by atoms with van der Waals surface area (Å²) in [5.41, 5.74) is 7.41. The third kappa shape index (κ3) is 3.39. The summed E-state index contributed by atoms with van der Waals surface area (Å²) >= 11 is 0. The molecule has 0 saturated carbocycles. The fourth-order valence-electron chi connectivity index (χ4n) is 3.49. The van der Waals surface area contributed by atoms with Crippen molar-refractivity contribution >= 4 is 23.3 Å². The Balaban J connectivity index is 1.46. The van der Waals surface area contributed by atoms with Gasteiger partial charge in [0.2, 0.25) is 0 Å². The highest BCUT2D eigenvalue weighted by atomic mass is 16.4. The summed E-state index contributed by atoms with van der Waals surface area (Å²) in [6.45, 7) is 1.25. The zero-order valence-electron chi connectivity index (χ0n) is 15.7. The second kappa shape index (κ2) is 7.39. The van der Waals surface area contributed by atoms with Gasteiger partial charge in [0.1, 0.15) is 23.4 Å². The summed E-state index contributed by atoms with van der Waals surface area (Å²) in [4.78, 5) is 55.6. The van der Waals surface area contributed by atoms with E-state index in [1.165, 1.54) is 0 Å². The molecule has 0 unspecified atom stereocenters. The molecule has 0 radical (unpaired) electrons. The fourth-order valence-corrected chi connectivity index (χ4v) is 3.49.